The lowest BCUT2D eigenvalue weighted by atomic mass is 9.87. The van der Waals surface area contributed by atoms with E-state index in [4.69, 9.17) is 23.7 Å². The molecule has 6 rings (SSSR count). The van der Waals surface area contributed by atoms with Crippen LogP contribution in [0.1, 0.15) is 40.7 Å². The average molecular weight is 369 g/mol. The SMILES string of the molecule is CN1CCc2cc3c(cc2[C@@H]2O[C@H](O)c4c(ccc5c4OCO5)[C@H]21)OCO3. The molecule has 0 aromatic heterocycles. The molecule has 7 nitrogen and oxygen atoms in total. The summed E-state index contributed by atoms with van der Waals surface area (Å²) >= 11 is 0. The first-order valence-corrected chi connectivity index (χ1v) is 9.09. The summed E-state index contributed by atoms with van der Waals surface area (Å²) in [5.41, 5.74) is 3.88. The maximum Gasteiger partial charge on any atom is 0.231 e. The number of nitrogens with zero attached hydrogens (tertiary/aromatic N) is 1. The zero-order valence-electron chi connectivity index (χ0n) is 14.8. The number of ether oxygens (including phenoxy) is 5. The van der Waals surface area contributed by atoms with Crippen LogP contribution < -0.4 is 18.9 Å². The van der Waals surface area contributed by atoms with Gasteiger partial charge in [-0.2, -0.15) is 0 Å². The fourth-order valence-corrected chi connectivity index (χ4v) is 4.60. The van der Waals surface area contributed by atoms with Crippen molar-refractivity contribution in [2.24, 2.45) is 0 Å². The smallest absolute Gasteiger partial charge is 0.231 e. The normalized spacial score (nSPS) is 27.6. The first kappa shape index (κ1) is 15.6. The third-order valence-corrected chi connectivity index (χ3v) is 5.89. The Bertz CT molecular complexity index is 945. The van der Waals surface area contributed by atoms with Gasteiger partial charge in [0.05, 0.1) is 11.6 Å². The molecule has 27 heavy (non-hydrogen) atoms. The predicted octanol–water partition coefficient (Wildman–Crippen LogP) is 2.44. The van der Waals surface area contributed by atoms with Crippen molar-refractivity contribution in [2.45, 2.75) is 24.9 Å². The lowest BCUT2D eigenvalue weighted by molar-refractivity contribution is -0.174. The largest absolute Gasteiger partial charge is 0.454 e. The fourth-order valence-electron chi connectivity index (χ4n) is 4.60. The highest BCUT2D eigenvalue weighted by Gasteiger charge is 2.44. The highest BCUT2D eigenvalue weighted by atomic mass is 16.7. The summed E-state index contributed by atoms with van der Waals surface area (Å²) in [7, 11) is 2.08. The maximum atomic E-state index is 10.8. The molecule has 0 radical (unpaired) electrons. The van der Waals surface area contributed by atoms with E-state index in [9.17, 15) is 5.11 Å². The van der Waals surface area contributed by atoms with Gasteiger partial charge in [-0.25, -0.2) is 0 Å². The third kappa shape index (κ3) is 2.13. The summed E-state index contributed by atoms with van der Waals surface area (Å²) in [4.78, 5) is 2.27. The van der Waals surface area contributed by atoms with Crippen molar-refractivity contribution in [1.82, 2.24) is 4.90 Å². The first-order chi connectivity index (χ1) is 13.2. The van der Waals surface area contributed by atoms with Crippen LogP contribution >= 0.6 is 0 Å². The molecule has 140 valence electrons. The topological polar surface area (TPSA) is 69.6 Å². The number of benzene rings is 2. The highest BCUT2D eigenvalue weighted by Crippen LogP contribution is 2.54. The number of hydrogen-bond acceptors (Lipinski definition) is 7. The summed E-state index contributed by atoms with van der Waals surface area (Å²) in [5, 5.41) is 10.8. The van der Waals surface area contributed by atoms with Crippen molar-refractivity contribution in [3.63, 3.8) is 0 Å². The van der Waals surface area contributed by atoms with E-state index in [0.717, 1.165) is 41.2 Å². The zero-order valence-corrected chi connectivity index (χ0v) is 14.8. The summed E-state index contributed by atoms with van der Waals surface area (Å²) in [6, 6.07) is 7.92. The van der Waals surface area contributed by atoms with E-state index in [1.165, 1.54) is 0 Å². The van der Waals surface area contributed by atoms with Crippen molar-refractivity contribution in [1.29, 1.82) is 0 Å². The van der Waals surface area contributed by atoms with Gasteiger partial charge < -0.3 is 28.8 Å². The Kier molecular flexibility index (Phi) is 3.18. The molecule has 0 saturated heterocycles. The van der Waals surface area contributed by atoms with Crippen LogP contribution in [0.4, 0.5) is 0 Å². The van der Waals surface area contributed by atoms with E-state index in [2.05, 4.69) is 11.9 Å². The number of hydrogen-bond donors (Lipinski definition) is 1. The standard InChI is InChI=1S/C20H19NO6/c1-21-5-4-10-6-14-15(25-8-24-14)7-12(10)18-17(21)11-2-3-13-19(26-9-23-13)16(11)20(22)27-18/h2-3,6-7,17-18,20,22H,4-5,8-9H2,1H3/t17-,18+,20+/m1/s1. The molecular weight excluding hydrogens is 350 g/mol. The van der Waals surface area contributed by atoms with Gasteiger partial charge in [0, 0.05) is 6.54 Å². The molecule has 4 heterocycles. The minimum Gasteiger partial charge on any atom is -0.454 e. The van der Waals surface area contributed by atoms with Crippen LogP contribution in [-0.2, 0) is 11.2 Å². The molecule has 2 aromatic rings. The summed E-state index contributed by atoms with van der Waals surface area (Å²) in [6.07, 6.45) is -0.526. The van der Waals surface area contributed by atoms with Gasteiger partial charge in [-0.15, -0.1) is 0 Å². The summed E-state index contributed by atoms with van der Waals surface area (Å²) < 4.78 is 28.4. The molecule has 1 N–H and O–H groups in total. The van der Waals surface area contributed by atoms with E-state index in [0.29, 0.717) is 17.1 Å². The molecule has 0 aliphatic carbocycles. The number of aliphatic hydroxyl groups is 1. The molecule has 3 atom stereocenters. The molecule has 4 aliphatic heterocycles. The Labute approximate surface area is 156 Å². The van der Waals surface area contributed by atoms with Gasteiger partial charge in [0.15, 0.2) is 29.3 Å². The molecule has 0 bridgehead atoms. The first-order valence-electron chi connectivity index (χ1n) is 9.09. The number of rotatable bonds is 0. The maximum absolute atomic E-state index is 10.8. The van der Waals surface area contributed by atoms with E-state index in [-0.39, 0.29) is 25.7 Å². The minimum atomic E-state index is -1.08. The highest BCUT2D eigenvalue weighted by molar-refractivity contribution is 5.56. The summed E-state index contributed by atoms with van der Waals surface area (Å²) in [5.74, 6) is 2.73. The second-order valence-electron chi connectivity index (χ2n) is 7.29. The molecule has 0 amide bonds. The Hall–Kier alpha value is -2.48. The van der Waals surface area contributed by atoms with Crippen LogP contribution in [0, 0.1) is 0 Å². The Morgan fingerprint density at radius 3 is 2.63 bits per heavy atom. The van der Waals surface area contributed by atoms with Gasteiger partial charge in [0.25, 0.3) is 0 Å². The van der Waals surface area contributed by atoms with Crippen LogP contribution in [0.15, 0.2) is 24.3 Å². The quantitative estimate of drug-likeness (QED) is 0.765. The molecular formula is C20H19NO6. The van der Waals surface area contributed by atoms with E-state index < -0.39 is 6.29 Å². The molecule has 0 spiro atoms. The molecule has 7 heteroatoms. The fraction of sp³-hybridized carbons (Fsp3) is 0.400. The van der Waals surface area contributed by atoms with Crippen molar-refractivity contribution >= 4 is 0 Å². The molecule has 2 aromatic carbocycles. The molecule has 0 fully saturated rings. The Morgan fingerprint density at radius 2 is 1.74 bits per heavy atom. The lowest BCUT2D eigenvalue weighted by Crippen LogP contribution is -2.35. The monoisotopic (exact) mass is 369 g/mol. The minimum absolute atomic E-state index is 0.0421. The van der Waals surface area contributed by atoms with Crippen LogP contribution in [0.25, 0.3) is 0 Å². The Morgan fingerprint density at radius 1 is 0.963 bits per heavy atom. The van der Waals surface area contributed by atoms with Crippen LogP contribution in [0.3, 0.4) is 0 Å². The van der Waals surface area contributed by atoms with Gasteiger partial charge in [0.1, 0.15) is 6.10 Å². The van der Waals surface area contributed by atoms with Gasteiger partial charge in [-0.05, 0) is 48.4 Å². The lowest BCUT2D eigenvalue weighted by Gasteiger charge is -2.40. The zero-order chi connectivity index (χ0) is 18.1. The molecule has 0 unspecified atom stereocenters. The van der Waals surface area contributed by atoms with Crippen LogP contribution in [-0.4, -0.2) is 37.2 Å². The van der Waals surface area contributed by atoms with E-state index in [1.807, 2.05) is 24.3 Å². The van der Waals surface area contributed by atoms with Gasteiger partial charge in [-0.1, -0.05) is 6.07 Å². The van der Waals surface area contributed by atoms with Gasteiger partial charge in [0.2, 0.25) is 13.6 Å². The van der Waals surface area contributed by atoms with Gasteiger partial charge in [-0.3, -0.25) is 4.90 Å². The van der Waals surface area contributed by atoms with Crippen molar-refractivity contribution in [3.05, 3.63) is 46.5 Å². The third-order valence-electron chi connectivity index (χ3n) is 5.89. The number of fused-ring (bicyclic) bond motifs is 8. The van der Waals surface area contributed by atoms with Crippen LogP contribution in [0.5, 0.6) is 23.0 Å². The number of likely N-dealkylation sites (N-methyl/N-ethyl adjacent to an activating group) is 1. The average Bonchev–Trinajstić information content (AvgIpc) is 3.30. The van der Waals surface area contributed by atoms with Gasteiger partial charge >= 0.3 is 0 Å². The van der Waals surface area contributed by atoms with Crippen molar-refractivity contribution in [3.8, 4) is 23.0 Å². The molecule has 4 aliphatic rings. The van der Waals surface area contributed by atoms with Crippen molar-refractivity contribution < 1.29 is 28.8 Å². The second kappa shape index (κ2) is 5.51. The van der Waals surface area contributed by atoms with Crippen LogP contribution in [0.2, 0.25) is 0 Å². The summed E-state index contributed by atoms with van der Waals surface area (Å²) in [6.45, 7) is 1.26. The predicted molar refractivity (Wildman–Crippen MR) is 93.0 cm³/mol. The Balaban J connectivity index is 1.53. The molecule has 0 saturated carbocycles. The number of aliphatic hydroxyl groups excluding tert-OH is 1. The van der Waals surface area contributed by atoms with E-state index in [1.54, 1.807) is 0 Å². The van der Waals surface area contributed by atoms with E-state index >= 15 is 0 Å². The van der Waals surface area contributed by atoms with Crippen molar-refractivity contribution in [2.75, 3.05) is 27.2 Å². The second-order valence-corrected chi connectivity index (χ2v) is 7.29.